The number of carboxylic acid groups (broad SMARTS) is 1. The first-order valence-corrected chi connectivity index (χ1v) is 8.04. The van der Waals surface area contributed by atoms with Crippen LogP contribution in [0, 0.1) is 19.8 Å². The van der Waals surface area contributed by atoms with Crippen molar-refractivity contribution in [3.63, 3.8) is 0 Å². The molecule has 126 valence electrons. The number of amides is 2. The quantitative estimate of drug-likeness (QED) is 0.897. The smallest absolute Gasteiger partial charge is 0.317 e. The molecule has 0 bridgehead atoms. The summed E-state index contributed by atoms with van der Waals surface area (Å²) in [7, 11) is 0. The summed E-state index contributed by atoms with van der Waals surface area (Å²) in [5.74, 6) is -1.26. The van der Waals surface area contributed by atoms with Crippen LogP contribution in [0.2, 0.25) is 0 Å². The number of rotatable bonds is 4. The molecule has 0 saturated carbocycles. The third-order valence-corrected chi connectivity index (χ3v) is 4.62. The van der Waals surface area contributed by atoms with E-state index in [0.29, 0.717) is 26.1 Å². The molecule has 2 rings (SSSR count). The number of hydrogen-bond acceptors (Lipinski definition) is 2. The third kappa shape index (κ3) is 4.03. The van der Waals surface area contributed by atoms with Crippen molar-refractivity contribution in [2.24, 2.45) is 5.92 Å². The van der Waals surface area contributed by atoms with Gasteiger partial charge in [0, 0.05) is 25.0 Å². The molecule has 2 amide bonds. The highest BCUT2D eigenvalue weighted by molar-refractivity contribution is 5.77. The number of likely N-dealkylation sites (tertiary alicyclic amines) is 1. The van der Waals surface area contributed by atoms with Crippen LogP contribution in [0.3, 0.4) is 0 Å². The Morgan fingerprint density at radius 3 is 2.61 bits per heavy atom. The van der Waals surface area contributed by atoms with E-state index in [-0.39, 0.29) is 11.4 Å². The van der Waals surface area contributed by atoms with E-state index in [9.17, 15) is 9.59 Å². The van der Waals surface area contributed by atoms with E-state index in [4.69, 9.17) is 5.11 Å². The number of hydrogen-bond donors (Lipinski definition) is 2. The summed E-state index contributed by atoms with van der Waals surface area (Å²) in [6.45, 7) is 9.69. The van der Waals surface area contributed by atoms with E-state index in [2.05, 4.69) is 51.2 Å². The fourth-order valence-electron chi connectivity index (χ4n) is 3.22. The summed E-state index contributed by atoms with van der Waals surface area (Å²) in [6, 6.07) is 6.18. The first-order valence-electron chi connectivity index (χ1n) is 8.04. The van der Waals surface area contributed by atoms with Crippen LogP contribution in [0.15, 0.2) is 18.2 Å². The maximum absolute atomic E-state index is 12.3. The lowest BCUT2D eigenvalue weighted by Gasteiger charge is -2.29. The fourth-order valence-corrected chi connectivity index (χ4v) is 3.22. The number of aliphatic carboxylic acids is 1. The Hall–Kier alpha value is -2.04. The molecule has 5 nitrogen and oxygen atoms in total. The van der Waals surface area contributed by atoms with Crippen molar-refractivity contribution in [1.29, 1.82) is 0 Å². The van der Waals surface area contributed by atoms with Crippen molar-refractivity contribution in [1.82, 2.24) is 10.2 Å². The second-order valence-electron chi connectivity index (χ2n) is 7.13. The van der Waals surface area contributed by atoms with Gasteiger partial charge in [0.15, 0.2) is 0 Å². The zero-order valence-electron chi connectivity index (χ0n) is 14.3. The second-order valence-corrected chi connectivity index (χ2v) is 7.13. The first kappa shape index (κ1) is 17.3. The molecule has 0 aromatic heterocycles. The van der Waals surface area contributed by atoms with Crippen molar-refractivity contribution in [3.8, 4) is 0 Å². The minimum atomic E-state index is -0.823. The number of urea groups is 1. The van der Waals surface area contributed by atoms with Gasteiger partial charge in [-0.05, 0) is 31.4 Å². The normalized spacial score (nSPS) is 18.1. The van der Waals surface area contributed by atoms with Crippen LogP contribution in [0.1, 0.15) is 37.0 Å². The highest BCUT2D eigenvalue weighted by atomic mass is 16.4. The highest BCUT2D eigenvalue weighted by Gasteiger charge is 2.31. The summed E-state index contributed by atoms with van der Waals surface area (Å²) in [4.78, 5) is 24.8. The molecular weight excluding hydrogens is 292 g/mol. The average Bonchev–Trinajstić information content (AvgIpc) is 2.94. The molecule has 0 spiro atoms. The van der Waals surface area contributed by atoms with Crippen LogP contribution < -0.4 is 5.32 Å². The van der Waals surface area contributed by atoms with Gasteiger partial charge in [0.1, 0.15) is 0 Å². The van der Waals surface area contributed by atoms with Crippen molar-refractivity contribution >= 4 is 12.0 Å². The topological polar surface area (TPSA) is 69.6 Å². The van der Waals surface area contributed by atoms with E-state index in [1.54, 1.807) is 4.90 Å². The van der Waals surface area contributed by atoms with Crippen molar-refractivity contribution in [2.45, 2.75) is 39.5 Å². The van der Waals surface area contributed by atoms with E-state index in [1.165, 1.54) is 16.7 Å². The molecule has 1 heterocycles. The van der Waals surface area contributed by atoms with Crippen LogP contribution in [0.5, 0.6) is 0 Å². The molecule has 1 saturated heterocycles. The maximum atomic E-state index is 12.3. The summed E-state index contributed by atoms with van der Waals surface area (Å²) >= 11 is 0. The monoisotopic (exact) mass is 318 g/mol. The average molecular weight is 318 g/mol. The van der Waals surface area contributed by atoms with Crippen LogP contribution in [0.4, 0.5) is 4.79 Å². The van der Waals surface area contributed by atoms with Gasteiger partial charge in [-0.3, -0.25) is 4.79 Å². The van der Waals surface area contributed by atoms with Gasteiger partial charge in [-0.2, -0.15) is 0 Å². The molecule has 2 N–H and O–H groups in total. The summed E-state index contributed by atoms with van der Waals surface area (Å²) in [5, 5.41) is 12.0. The Labute approximate surface area is 137 Å². The van der Waals surface area contributed by atoms with Gasteiger partial charge in [0.05, 0.1) is 5.92 Å². The van der Waals surface area contributed by atoms with Gasteiger partial charge in [0.2, 0.25) is 0 Å². The van der Waals surface area contributed by atoms with E-state index in [0.717, 1.165) is 0 Å². The van der Waals surface area contributed by atoms with Gasteiger partial charge in [-0.15, -0.1) is 0 Å². The lowest BCUT2D eigenvalue weighted by atomic mass is 9.81. The van der Waals surface area contributed by atoms with Crippen molar-refractivity contribution in [2.75, 3.05) is 19.6 Å². The van der Waals surface area contributed by atoms with Gasteiger partial charge in [-0.25, -0.2) is 4.79 Å². The molecule has 0 radical (unpaired) electrons. The number of carbonyl (C=O) groups excluding carboxylic acids is 1. The van der Waals surface area contributed by atoms with Crippen molar-refractivity contribution in [3.05, 3.63) is 34.9 Å². The van der Waals surface area contributed by atoms with Gasteiger partial charge < -0.3 is 15.3 Å². The molecule has 1 atom stereocenters. The molecule has 1 fully saturated rings. The maximum Gasteiger partial charge on any atom is 0.317 e. The van der Waals surface area contributed by atoms with Gasteiger partial charge in [-0.1, -0.05) is 37.6 Å². The first-order chi connectivity index (χ1) is 10.7. The van der Waals surface area contributed by atoms with Crippen LogP contribution in [0.25, 0.3) is 0 Å². The second kappa shape index (κ2) is 6.60. The SMILES string of the molecule is Cc1ccc(C(C)(C)CNC(=O)N2CCC(C(=O)O)C2)c(C)c1. The molecule has 23 heavy (non-hydrogen) atoms. The summed E-state index contributed by atoms with van der Waals surface area (Å²) in [5.41, 5.74) is 3.48. The number of nitrogens with zero attached hydrogens (tertiary/aromatic N) is 1. The zero-order chi connectivity index (χ0) is 17.2. The molecular formula is C18H26N2O3. The predicted octanol–water partition coefficient (Wildman–Crippen LogP) is 2.70. The molecule has 1 aromatic rings. The molecule has 1 aliphatic heterocycles. The number of carboxylic acids is 1. The lowest BCUT2D eigenvalue weighted by molar-refractivity contribution is -0.141. The molecule has 1 aromatic carbocycles. The van der Waals surface area contributed by atoms with Gasteiger partial charge >= 0.3 is 12.0 Å². The minimum absolute atomic E-state index is 0.174. The minimum Gasteiger partial charge on any atom is -0.481 e. The Balaban J connectivity index is 1.96. The Kier molecular flexibility index (Phi) is 4.97. The molecule has 5 heteroatoms. The molecule has 1 aliphatic rings. The molecule has 1 unspecified atom stereocenters. The fraction of sp³-hybridized carbons (Fsp3) is 0.556. The van der Waals surface area contributed by atoms with Gasteiger partial charge in [0.25, 0.3) is 0 Å². The van der Waals surface area contributed by atoms with Crippen LogP contribution >= 0.6 is 0 Å². The van der Waals surface area contributed by atoms with Crippen LogP contribution in [-0.4, -0.2) is 41.6 Å². The third-order valence-electron chi connectivity index (χ3n) is 4.62. The predicted molar refractivity (Wildman–Crippen MR) is 89.7 cm³/mol. The number of benzene rings is 1. The Morgan fingerprint density at radius 2 is 2.04 bits per heavy atom. The summed E-state index contributed by atoms with van der Waals surface area (Å²) < 4.78 is 0. The van der Waals surface area contributed by atoms with E-state index < -0.39 is 11.9 Å². The number of nitrogens with one attached hydrogen (secondary N) is 1. The standard InChI is InChI=1S/C18H26N2O3/c1-12-5-6-15(13(2)9-12)18(3,4)11-19-17(23)20-8-7-14(10-20)16(21)22/h5-6,9,14H,7-8,10-11H2,1-4H3,(H,19,23)(H,21,22). The lowest BCUT2D eigenvalue weighted by Crippen LogP contribution is -2.44. The largest absolute Gasteiger partial charge is 0.481 e. The van der Waals surface area contributed by atoms with E-state index >= 15 is 0 Å². The van der Waals surface area contributed by atoms with E-state index in [1.807, 2.05) is 0 Å². The number of carbonyl (C=O) groups is 2. The summed E-state index contributed by atoms with van der Waals surface area (Å²) in [6.07, 6.45) is 0.531. The number of aryl methyl sites for hydroxylation is 2. The Morgan fingerprint density at radius 1 is 1.35 bits per heavy atom. The van der Waals surface area contributed by atoms with Crippen molar-refractivity contribution < 1.29 is 14.7 Å². The van der Waals surface area contributed by atoms with Crippen LogP contribution in [-0.2, 0) is 10.2 Å². The highest BCUT2D eigenvalue weighted by Crippen LogP contribution is 2.26. The molecule has 0 aliphatic carbocycles. The zero-order valence-corrected chi connectivity index (χ0v) is 14.3. The Bertz CT molecular complexity index is 610.